The number of aliphatic hydroxyl groups excluding tert-OH is 1. The molecule has 0 saturated heterocycles. The van der Waals surface area contributed by atoms with Crippen LogP contribution in [0.1, 0.15) is 5.69 Å². The van der Waals surface area contributed by atoms with Crippen molar-refractivity contribution in [2.45, 2.75) is 19.5 Å². The van der Waals surface area contributed by atoms with Gasteiger partial charge in [-0.3, -0.25) is 9.97 Å². The van der Waals surface area contributed by atoms with E-state index in [0.29, 0.717) is 6.54 Å². The minimum Gasteiger partial charge on any atom is -0.394 e. The van der Waals surface area contributed by atoms with Crippen LogP contribution in [0.5, 0.6) is 0 Å². The Bertz CT molecular complexity index is 1080. The maximum absolute atomic E-state index is 9.53. The average molecular weight is 363 g/mol. The Kier molecular flexibility index (Phi) is 3.51. The predicted molar refractivity (Wildman–Crippen MR) is 103 cm³/mol. The number of thiophene rings is 1. The quantitative estimate of drug-likeness (QED) is 0.584. The molecule has 6 nitrogen and oxygen atoms in total. The van der Waals surface area contributed by atoms with Gasteiger partial charge in [0.2, 0.25) is 5.95 Å². The van der Waals surface area contributed by atoms with Gasteiger partial charge >= 0.3 is 0 Å². The zero-order valence-electron chi connectivity index (χ0n) is 14.2. The summed E-state index contributed by atoms with van der Waals surface area (Å²) in [7, 11) is 0. The van der Waals surface area contributed by atoms with Crippen LogP contribution in [0.25, 0.3) is 32.0 Å². The lowest BCUT2D eigenvalue weighted by Crippen LogP contribution is -2.21. The lowest BCUT2D eigenvalue weighted by atomic mass is 10.1. The van der Waals surface area contributed by atoms with E-state index in [4.69, 9.17) is 4.98 Å². The van der Waals surface area contributed by atoms with E-state index in [-0.39, 0.29) is 12.6 Å². The smallest absolute Gasteiger partial charge is 0.204 e. The summed E-state index contributed by atoms with van der Waals surface area (Å²) in [6.45, 7) is 2.75. The van der Waals surface area contributed by atoms with Crippen molar-refractivity contribution in [1.29, 1.82) is 0 Å². The average Bonchev–Trinajstić information content (AvgIpc) is 3.32. The number of imidazole rings is 1. The van der Waals surface area contributed by atoms with Crippen LogP contribution in [0.3, 0.4) is 0 Å². The molecular formula is C19H17N5OS. The number of fused-ring (bicyclic) bond motifs is 2. The first-order valence-corrected chi connectivity index (χ1v) is 9.30. The summed E-state index contributed by atoms with van der Waals surface area (Å²) in [5.74, 6) is 0.785. The second-order valence-electron chi connectivity index (χ2n) is 6.46. The van der Waals surface area contributed by atoms with E-state index in [0.717, 1.165) is 39.0 Å². The summed E-state index contributed by atoms with van der Waals surface area (Å²) in [4.78, 5) is 14.8. The van der Waals surface area contributed by atoms with Gasteiger partial charge in [-0.25, -0.2) is 4.98 Å². The zero-order valence-corrected chi connectivity index (χ0v) is 15.0. The van der Waals surface area contributed by atoms with Gasteiger partial charge in [0, 0.05) is 34.7 Å². The van der Waals surface area contributed by atoms with Gasteiger partial charge < -0.3 is 15.0 Å². The number of pyridine rings is 2. The van der Waals surface area contributed by atoms with Gasteiger partial charge in [-0.1, -0.05) is 6.07 Å². The number of aromatic nitrogens is 4. The summed E-state index contributed by atoms with van der Waals surface area (Å²) in [6, 6.07) is 10.2. The highest BCUT2D eigenvalue weighted by Crippen LogP contribution is 2.41. The Morgan fingerprint density at radius 2 is 2.23 bits per heavy atom. The van der Waals surface area contributed by atoms with Gasteiger partial charge in [0.1, 0.15) is 5.69 Å². The lowest BCUT2D eigenvalue weighted by molar-refractivity contribution is 0.271. The summed E-state index contributed by atoms with van der Waals surface area (Å²) in [5.41, 5.74) is 3.73. The molecule has 0 radical (unpaired) electrons. The highest BCUT2D eigenvalue weighted by Gasteiger charge is 2.29. The molecule has 0 fully saturated rings. The van der Waals surface area contributed by atoms with Crippen LogP contribution < -0.4 is 5.32 Å². The third kappa shape index (κ3) is 2.40. The summed E-state index contributed by atoms with van der Waals surface area (Å²) >= 11 is 1.72. The van der Waals surface area contributed by atoms with Crippen molar-refractivity contribution in [2.24, 2.45) is 0 Å². The molecule has 4 aromatic rings. The molecule has 1 aliphatic rings. The first-order valence-electron chi connectivity index (χ1n) is 8.49. The summed E-state index contributed by atoms with van der Waals surface area (Å²) < 4.78 is 3.34. The predicted octanol–water partition coefficient (Wildman–Crippen LogP) is 3.32. The van der Waals surface area contributed by atoms with Gasteiger partial charge in [-0.15, -0.1) is 11.3 Å². The Balaban J connectivity index is 1.74. The molecule has 2 N–H and O–H groups in total. The normalized spacial score (nSPS) is 16.0. The largest absolute Gasteiger partial charge is 0.394 e. The number of rotatable bonds is 3. The van der Waals surface area contributed by atoms with Crippen molar-refractivity contribution in [3.8, 4) is 22.0 Å². The molecule has 130 valence electrons. The number of nitrogens with one attached hydrogen (secondary N) is 1. The second kappa shape index (κ2) is 5.89. The van der Waals surface area contributed by atoms with Gasteiger partial charge in [-0.2, -0.15) is 0 Å². The molecule has 4 aromatic heterocycles. The summed E-state index contributed by atoms with van der Waals surface area (Å²) in [5, 5.41) is 14.0. The van der Waals surface area contributed by atoms with Crippen molar-refractivity contribution in [2.75, 3.05) is 11.9 Å². The molecule has 1 atom stereocenters. The van der Waals surface area contributed by atoms with Crippen LogP contribution in [0.15, 0.2) is 42.7 Å². The molecule has 5 heterocycles. The van der Waals surface area contributed by atoms with E-state index < -0.39 is 0 Å². The molecule has 0 amide bonds. The van der Waals surface area contributed by atoms with Crippen molar-refractivity contribution >= 4 is 27.4 Å². The third-order valence-electron chi connectivity index (χ3n) is 4.61. The molecule has 0 bridgehead atoms. The van der Waals surface area contributed by atoms with Crippen molar-refractivity contribution < 1.29 is 5.11 Å². The van der Waals surface area contributed by atoms with Crippen LogP contribution in [-0.4, -0.2) is 37.3 Å². The maximum atomic E-state index is 9.53. The Labute approximate surface area is 154 Å². The lowest BCUT2D eigenvalue weighted by Gasteiger charge is -2.09. The van der Waals surface area contributed by atoms with E-state index in [9.17, 15) is 5.11 Å². The highest BCUT2D eigenvalue weighted by molar-refractivity contribution is 7.22. The summed E-state index contributed by atoms with van der Waals surface area (Å²) in [6.07, 6.45) is 3.70. The fraction of sp³-hybridized carbons (Fsp3) is 0.211. The van der Waals surface area contributed by atoms with Gasteiger partial charge in [0.25, 0.3) is 0 Å². The van der Waals surface area contributed by atoms with E-state index in [1.54, 1.807) is 11.3 Å². The molecule has 0 aromatic carbocycles. The van der Waals surface area contributed by atoms with Crippen LogP contribution in [-0.2, 0) is 6.54 Å². The van der Waals surface area contributed by atoms with E-state index in [2.05, 4.69) is 25.9 Å². The van der Waals surface area contributed by atoms with E-state index in [1.807, 2.05) is 43.6 Å². The van der Waals surface area contributed by atoms with Gasteiger partial charge in [0.05, 0.1) is 28.9 Å². The minimum absolute atomic E-state index is 0.00758. The molecule has 7 heteroatoms. The topological polar surface area (TPSA) is 75.9 Å². The molecule has 0 aliphatic carbocycles. The maximum Gasteiger partial charge on any atom is 0.204 e. The molecule has 1 aliphatic heterocycles. The van der Waals surface area contributed by atoms with E-state index >= 15 is 0 Å². The first-order chi connectivity index (χ1) is 12.7. The molecular weight excluding hydrogens is 346 g/mol. The van der Waals surface area contributed by atoms with Crippen molar-refractivity contribution in [3.05, 3.63) is 48.4 Å². The third-order valence-corrected chi connectivity index (χ3v) is 5.73. The number of aliphatic hydroxyl groups is 1. The molecule has 5 rings (SSSR count). The van der Waals surface area contributed by atoms with Crippen molar-refractivity contribution in [1.82, 2.24) is 19.5 Å². The van der Waals surface area contributed by atoms with Gasteiger partial charge in [-0.05, 0) is 31.2 Å². The molecule has 26 heavy (non-hydrogen) atoms. The Hall–Kier alpha value is -2.77. The van der Waals surface area contributed by atoms with Crippen LogP contribution in [0, 0.1) is 6.92 Å². The number of anilines is 1. The first kappa shape index (κ1) is 15.5. The number of hydrogen-bond acceptors (Lipinski definition) is 6. The SMILES string of the molecule is Cc1cccc(-c2nc3n(c2-c2cc4cnccc4s2)CC(CO)N3)n1. The number of aryl methyl sites for hydroxylation is 1. The Morgan fingerprint density at radius 3 is 3.04 bits per heavy atom. The highest BCUT2D eigenvalue weighted by atomic mass is 32.1. The molecule has 0 saturated carbocycles. The fourth-order valence-corrected chi connectivity index (χ4v) is 4.48. The van der Waals surface area contributed by atoms with Crippen LogP contribution in [0.2, 0.25) is 0 Å². The molecule has 0 spiro atoms. The monoisotopic (exact) mass is 363 g/mol. The van der Waals surface area contributed by atoms with E-state index in [1.165, 1.54) is 4.70 Å². The second-order valence-corrected chi connectivity index (χ2v) is 7.54. The molecule has 1 unspecified atom stereocenters. The Morgan fingerprint density at radius 1 is 1.31 bits per heavy atom. The van der Waals surface area contributed by atoms with Crippen LogP contribution >= 0.6 is 11.3 Å². The van der Waals surface area contributed by atoms with Crippen molar-refractivity contribution in [3.63, 3.8) is 0 Å². The minimum atomic E-state index is -0.00758. The van der Waals surface area contributed by atoms with Gasteiger partial charge in [0.15, 0.2) is 0 Å². The zero-order chi connectivity index (χ0) is 17.7. The standard InChI is InChI=1S/C19H17N5OS/c1-11-3-2-4-14(21-11)17-18(24-9-13(10-25)22-19(24)23-17)16-7-12-8-20-6-5-15(12)26-16/h2-8,13,25H,9-10H2,1H3,(H,22,23). The fourth-order valence-electron chi connectivity index (χ4n) is 3.40. The number of nitrogens with zero attached hydrogens (tertiary/aromatic N) is 4. The number of hydrogen-bond donors (Lipinski definition) is 2. The van der Waals surface area contributed by atoms with Crippen LogP contribution in [0.4, 0.5) is 5.95 Å².